The summed E-state index contributed by atoms with van der Waals surface area (Å²) in [6.45, 7) is 6.11. The van der Waals surface area contributed by atoms with E-state index in [9.17, 15) is 9.59 Å². The van der Waals surface area contributed by atoms with Crippen molar-refractivity contribution in [3.63, 3.8) is 0 Å². The number of carboxylic acids is 1. The third-order valence-corrected chi connectivity index (χ3v) is 4.04. The van der Waals surface area contributed by atoms with Crippen LogP contribution in [-0.4, -0.2) is 41.6 Å². The molecule has 0 radical (unpaired) electrons. The van der Waals surface area contributed by atoms with Crippen molar-refractivity contribution < 1.29 is 14.7 Å². The van der Waals surface area contributed by atoms with Crippen molar-refractivity contribution in [2.75, 3.05) is 19.6 Å². The summed E-state index contributed by atoms with van der Waals surface area (Å²) in [5.41, 5.74) is -0.678. The van der Waals surface area contributed by atoms with Crippen LogP contribution < -0.4 is 5.32 Å². The van der Waals surface area contributed by atoms with Gasteiger partial charge in [0.05, 0.1) is 5.41 Å². The van der Waals surface area contributed by atoms with Crippen LogP contribution in [-0.2, 0) is 4.79 Å². The number of nitrogens with one attached hydrogen (secondary N) is 1. The first kappa shape index (κ1) is 13.2. The highest BCUT2D eigenvalue weighted by Gasteiger charge is 2.50. The van der Waals surface area contributed by atoms with E-state index in [1.165, 1.54) is 0 Å². The summed E-state index contributed by atoms with van der Waals surface area (Å²) in [7, 11) is 0. The fourth-order valence-corrected chi connectivity index (χ4v) is 2.80. The van der Waals surface area contributed by atoms with Crippen molar-refractivity contribution in [2.24, 2.45) is 17.3 Å². The van der Waals surface area contributed by atoms with Crippen LogP contribution in [0.5, 0.6) is 0 Å². The highest BCUT2D eigenvalue weighted by molar-refractivity contribution is 5.80. The Morgan fingerprint density at radius 1 is 1.28 bits per heavy atom. The minimum absolute atomic E-state index is 0.110. The molecule has 5 nitrogen and oxygen atoms in total. The molecule has 0 aromatic carbocycles. The maximum absolute atomic E-state index is 12.0. The number of urea groups is 1. The Bertz CT molecular complexity index is 342. The van der Waals surface area contributed by atoms with E-state index >= 15 is 0 Å². The molecule has 2 N–H and O–H groups in total. The zero-order valence-electron chi connectivity index (χ0n) is 11.1. The van der Waals surface area contributed by atoms with Crippen molar-refractivity contribution in [3.05, 3.63) is 0 Å². The number of hydrogen-bond donors (Lipinski definition) is 2. The van der Waals surface area contributed by atoms with Gasteiger partial charge >= 0.3 is 12.0 Å². The van der Waals surface area contributed by atoms with Crippen molar-refractivity contribution in [1.29, 1.82) is 0 Å². The zero-order valence-corrected chi connectivity index (χ0v) is 11.1. The van der Waals surface area contributed by atoms with Crippen molar-refractivity contribution >= 4 is 12.0 Å². The number of nitrogens with zero attached hydrogens (tertiary/aromatic N) is 1. The highest BCUT2D eigenvalue weighted by atomic mass is 16.4. The predicted molar refractivity (Wildman–Crippen MR) is 67.2 cm³/mol. The summed E-state index contributed by atoms with van der Waals surface area (Å²) in [6.07, 6.45) is 2.51. The van der Waals surface area contributed by atoms with Crippen LogP contribution in [0.25, 0.3) is 0 Å². The average Bonchev–Trinajstić information content (AvgIpc) is 3.05. The second-order valence-electron chi connectivity index (χ2n) is 6.10. The Morgan fingerprint density at radius 3 is 2.28 bits per heavy atom. The number of carboxylic acid groups (broad SMARTS) is 1. The van der Waals surface area contributed by atoms with Crippen LogP contribution >= 0.6 is 0 Å². The second kappa shape index (κ2) is 4.78. The van der Waals surface area contributed by atoms with E-state index in [4.69, 9.17) is 5.11 Å². The van der Waals surface area contributed by atoms with E-state index in [0.29, 0.717) is 24.7 Å². The second-order valence-corrected chi connectivity index (χ2v) is 6.10. The summed E-state index contributed by atoms with van der Waals surface area (Å²) in [5, 5.41) is 11.8. The summed E-state index contributed by atoms with van der Waals surface area (Å²) in [4.78, 5) is 24.8. The summed E-state index contributed by atoms with van der Waals surface area (Å²) in [6, 6.07) is -0.110. The lowest BCUT2D eigenvalue weighted by atomic mass is 9.92. The van der Waals surface area contributed by atoms with Gasteiger partial charge in [0, 0.05) is 19.6 Å². The lowest BCUT2D eigenvalue weighted by Crippen LogP contribution is -2.49. The molecule has 2 rings (SSSR count). The normalized spacial score (nSPS) is 29.8. The number of carbonyl (C=O) groups is 2. The van der Waals surface area contributed by atoms with E-state index in [-0.39, 0.29) is 12.6 Å². The van der Waals surface area contributed by atoms with Crippen LogP contribution in [0.2, 0.25) is 0 Å². The van der Waals surface area contributed by atoms with E-state index < -0.39 is 11.4 Å². The van der Waals surface area contributed by atoms with Gasteiger partial charge in [-0.05, 0) is 31.1 Å². The first-order chi connectivity index (χ1) is 8.43. The molecule has 2 atom stereocenters. The van der Waals surface area contributed by atoms with Gasteiger partial charge in [-0.3, -0.25) is 4.79 Å². The highest BCUT2D eigenvalue weighted by Crippen LogP contribution is 2.45. The lowest BCUT2D eigenvalue weighted by molar-refractivity contribution is -0.143. The van der Waals surface area contributed by atoms with Gasteiger partial charge in [0.2, 0.25) is 0 Å². The molecule has 102 valence electrons. The van der Waals surface area contributed by atoms with Crippen LogP contribution in [0.4, 0.5) is 4.79 Å². The van der Waals surface area contributed by atoms with E-state index in [0.717, 1.165) is 19.5 Å². The molecule has 0 aromatic heterocycles. The largest absolute Gasteiger partial charge is 0.481 e. The molecule has 2 aliphatic rings. The maximum Gasteiger partial charge on any atom is 0.317 e. The molecule has 2 amide bonds. The number of aliphatic carboxylic acids is 1. The van der Waals surface area contributed by atoms with E-state index in [1.54, 1.807) is 0 Å². The zero-order chi connectivity index (χ0) is 13.3. The monoisotopic (exact) mass is 254 g/mol. The smallest absolute Gasteiger partial charge is 0.317 e. The molecule has 18 heavy (non-hydrogen) atoms. The first-order valence-electron chi connectivity index (χ1n) is 6.69. The predicted octanol–water partition coefficient (Wildman–Crippen LogP) is 1.54. The number of rotatable bonds is 3. The van der Waals surface area contributed by atoms with Gasteiger partial charge in [-0.2, -0.15) is 0 Å². The van der Waals surface area contributed by atoms with Crippen molar-refractivity contribution in [2.45, 2.75) is 33.1 Å². The Labute approximate surface area is 108 Å². The Balaban J connectivity index is 1.83. The SMILES string of the molecule is CC1CC(C)CN(C(=O)NCC2(C(=O)O)CC2)C1. The van der Waals surface area contributed by atoms with Crippen LogP contribution in [0.1, 0.15) is 33.1 Å². The minimum Gasteiger partial charge on any atom is -0.481 e. The molecule has 0 spiro atoms. The van der Waals surface area contributed by atoms with Gasteiger partial charge < -0.3 is 15.3 Å². The van der Waals surface area contributed by atoms with Gasteiger partial charge in [-0.15, -0.1) is 0 Å². The Kier molecular flexibility index (Phi) is 3.50. The standard InChI is InChI=1S/C13H22N2O3/c1-9-5-10(2)7-15(6-9)12(18)14-8-13(3-4-13)11(16)17/h9-10H,3-8H2,1-2H3,(H,14,18)(H,16,17). The summed E-state index contributed by atoms with van der Waals surface area (Å²) in [5.74, 6) is 0.255. The molecule has 0 bridgehead atoms. The van der Waals surface area contributed by atoms with Crippen LogP contribution in [0.3, 0.4) is 0 Å². The fourth-order valence-electron chi connectivity index (χ4n) is 2.80. The van der Waals surface area contributed by atoms with Gasteiger partial charge in [-0.25, -0.2) is 4.79 Å². The topological polar surface area (TPSA) is 69.6 Å². The molecule has 1 saturated heterocycles. The van der Waals surface area contributed by atoms with Gasteiger partial charge in [0.25, 0.3) is 0 Å². The molecular formula is C13H22N2O3. The van der Waals surface area contributed by atoms with E-state index in [1.807, 2.05) is 4.90 Å². The quantitative estimate of drug-likeness (QED) is 0.802. The number of carbonyl (C=O) groups excluding carboxylic acids is 1. The average molecular weight is 254 g/mol. The number of hydrogen-bond acceptors (Lipinski definition) is 2. The third kappa shape index (κ3) is 2.76. The van der Waals surface area contributed by atoms with Crippen LogP contribution in [0, 0.1) is 17.3 Å². The first-order valence-corrected chi connectivity index (χ1v) is 6.69. The van der Waals surface area contributed by atoms with E-state index in [2.05, 4.69) is 19.2 Å². The fraction of sp³-hybridized carbons (Fsp3) is 0.846. The molecule has 1 aliphatic carbocycles. The summed E-state index contributed by atoms with van der Waals surface area (Å²) < 4.78 is 0. The van der Waals surface area contributed by atoms with Gasteiger partial charge in [-0.1, -0.05) is 13.8 Å². The maximum atomic E-state index is 12.0. The number of likely N-dealkylation sites (tertiary alicyclic amines) is 1. The van der Waals surface area contributed by atoms with Crippen molar-refractivity contribution in [1.82, 2.24) is 10.2 Å². The Hall–Kier alpha value is -1.26. The van der Waals surface area contributed by atoms with Gasteiger partial charge in [0.15, 0.2) is 0 Å². The number of piperidine rings is 1. The molecule has 1 heterocycles. The van der Waals surface area contributed by atoms with Crippen LogP contribution in [0.15, 0.2) is 0 Å². The lowest BCUT2D eigenvalue weighted by Gasteiger charge is -2.35. The molecule has 2 unspecified atom stereocenters. The van der Waals surface area contributed by atoms with Crippen molar-refractivity contribution in [3.8, 4) is 0 Å². The van der Waals surface area contributed by atoms with Gasteiger partial charge in [0.1, 0.15) is 0 Å². The molecule has 1 aliphatic heterocycles. The molecular weight excluding hydrogens is 232 g/mol. The molecule has 5 heteroatoms. The Morgan fingerprint density at radius 2 is 1.83 bits per heavy atom. The molecule has 2 fully saturated rings. The molecule has 0 aromatic rings. The molecule has 1 saturated carbocycles. The third-order valence-electron chi connectivity index (χ3n) is 4.04. The summed E-state index contributed by atoms with van der Waals surface area (Å²) >= 11 is 0. The minimum atomic E-state index is -0.789. The number of amides is 2.